The molecular weight excluding hydrogens is 456 g/mol. The van der Waals surface area contributed by atoms with E-state index in [0.29, 0.717) is 22.8 Å². The van der Waals surface area contributed by atoms with E-state index in [4.69, 9.17) is 23.7 Å². The zero-order valence-corrected chi connectivity index (χ0v) is 19.5. The monoisotopic (exact) mass is 480 g/mol. The van der Waals surface area contributed by atoms with Gasteiger partial charge in [0.05, 0.1) is 45.8 Å². The Balaban J connectivity index is 1.75. The molecule has 0 aliphatic heterocycles. The molecule has 0 aliphatic rings. The van der Waals surface area contributed by atoms with Crippen LogP contribution >= 0.6 is 0 Å². The predicted octanol–water partition coefficient (Wildman–Crippen LogP) is 3.41. The van der Waals surface area contributed by atoms with Crippen molar-refractivity contribution in [2.24, 2.45) is 5.10 Å². The Bertz CT molecular complexity index is 1230. The van der Waals surface area contributed by atoms with Crippen molar-refractivity contribution in [2.75, 3.05) is 28.4 Å². The first kappa shape index (κ1) is 24.9. The molecule has 0 atom stereocenters. The van der Waals surface area contributed by atoms with E-state index in [1.54, 1.807) is 24.3 Å². The molecule has 1 amide bonds. The van der Waals surface area contributed by atoms with Crippen LogP contribution in [0.4, 0.5) is 0 Å². The van der Waals surface area contributed by atoms with Crippen LogP contribution in [-0.2, 0) is 0 Å². The quantitative estimate of drug-likeness (QED) is 0.207. The van der Waals surface area contributed by atoms with Crippen LogP contribution in [0.15, 0.2) is 59.7 Å². The summed E-state index contributed by atoms with van der Waals surface area (Å²) in [6, 6.07) is 13.8. The molecule has 182 valence electrons. The first-order chi connectivity index (χ1) is 16.9. The van der Waals surface area contributed by atoms with Crippen LogP contribution in [0.5, 0.6) is 34.5 Å². The average Bonchev–Trinajstić information content (AvgIpc) is 2.88. The number of para-hydroxylation sites is 1. The van der Waals surface area contributed by atoms with Crippen LogP contribution in [0.1, 0.15) is 26.3 Å². The summed E-state index contributed by atoms with van der Waals surface area (Å²) in [5.41, 5.74) is 3.17. The summed E-state index contributed by atoms with van der Waals surface area (Å²) in [6.07, 6.45) is 1.38. The number of rotatable bonds is 9. The number of ether oxygens (including phenoxy) is 5. The third-order valence-electron chi connectivity index (χ3n) is 4.82. The standard InChI is InChI=1S/C25H24N2O8/c1-31-20-11-15(14-26-27-24(29)17-7-5-6-8-18(17)28)9-10-19(20)35-25(30)16-12-21(32-2)23(34-4)22(13-16)33-3/h5-14,28H,1-4H3,(H,27,29)/b26-14-. The van der Waals surface area contributed by atoms with Gasteiger partial charge in [0.15, 0.2) is 23.0 Å². The van der Waals surface area contributed by atoms with E-state index >= 15 is 0 Å². The molecular formula is C25H24N2O8. The molecule has 0 bridgehead atoms. The SMILES string of the molecule is COc1cc(/C=N\NC(=O)c2ccccc2O)ccc1OC(=O)c1cc(OC)c(OC)c(OC)c1. The second kappa shape index (κ2) is 11.4. The summed E-state index contributed by atoms with van der Waals surface area (Å²) in [7, 11) is 5.78. The molecule has 0 radical (unpaired) electrons. The van der Waals surface area contributed by atoms with E-state index in [2.05, 4.69) is 10.5 Å². The van der Waals surface area contributed by atoms with Crippen LogP contribution in [0.25, 0.3) is 0 Å². The number of nitrogens with zero attached hydrogens (tertiary/aromatic N) is 1. The molecule has 0 unspecified atom stereocenters. The van der Waals surface area contributed by atoms with E-state index in [0.717, 1.165) is 0 Å². The van der Waals surface area contributed by atoms with E-state index in [1.807, 2.05) is 0 Å². The first-order valence-corrected chi connectivity index (χ1v) is 10.2. The van der Waals surface area contributed by atoms with Crippen LogP contribution in [0.3, 0.4) is 0 Å². The van der Waals surface area contributed by atoms with Crippen molar-refractivity contribution in [3.05, 3.63) is 71.3 Å². The Kier molecular flexibility index (Phi) is 8.12. The van der Waals surface area contributed by atoms with Gasteiger partial charge < -0.3 is 28.8 Å². The zero-order chi connectivity index (χ0) is 25.4. The Labute approximate surface area is 201 Å². The molecule has 0 spiro atoms. The van der Waals surface area contributed by atoms with Gasteiger partial charge in [0, 0.05) is 0 Å². The number of phenols is 1. The molecule has 10 heteroatoms. The van der Waals surface area contributed by atoms with E-state index < -0.39 is 11.9 Å². The number of benzene rings is 3. The number of carbonyl (C=O) groups is 2. The van der Waals surface area contributed by atoms with Crippen molar-refractivity contribution in [1.29, 1.82) is 0 Å². The van der Waals surface area contributed by atoms with Crippen LogP contribution < -0.4 is 29.1 Å². The molecule has 10 nitrogen and oxygen atoms in total. The highest BCUT2D eigenvalue weighted by atomic mass is 16.6. The maximum Gasteiger partial charge on any atom is 0.343 e. The molecule has 0 heterocycles. The lowest BCUT2D eigenvalue weighted by Gasteiger charge is -2.14. The fourth-order valence-corrected chi connectivity index (χ4v) is 3.10. The third-order valence-corrected chi connectivity index (χ3v) is 4.82. The summed E-state index contributed by atoms with van der Waals surface area (Å²) in [4.78, 5) is 24.9. The Morgan fingerprint density at radius 3 is 2.09 bits per heavy atom. The lowest BCUT2D eigenvalue weighted by Crippen LogP contribution is -2.17. The summed E-state index contributed by atoms with van der Waals surface area (Å²) in [5.74, 6) is 0.0124. The summed E-state index contributed by atoms with van der Waals surface area (Å²) < 4.78 is 26.7. The highest BCUT2D eigenvalue weighted by molar-refractivity contribution is 5.97. The second-order valence-corrected chi connectivity index (χ2v) is 6.93. The van der Waals surface area contributed by atoms with Crippen LogP contribution in [0.2, 0.25) is 0 Å². The molecule has 0 fully saturated rings. The number of hydrogen-bond donors (Lipinski definition) is 2. The fraction of sp³-hybridized carbons (Fsp3) is 0.160. The smallest absolute Gasteiger partial charge is 0.343 e. The van der Waals surface area contributed by atoms with Crippen molar-refractivity contribution < 1.29 is 38.4 Å². The number of aromatic hydroxyl groups is 1. The normalized spacial score (nSPS) is 10.5. The lowest BCUT2D eigenvalue weighted by molar-refractivity contribution is 0.0728. The summed E-state index contributed by atoms with van der Waals surface area (Å²) in [5, 5.41) is 13.6. The summed E-state index contributed by atoms with van der Waals surface area (Å²) in [6.45, 7) is 0. The second-order valence-electron chi connectivity index (χ2n) is 6.93. The number of amides is 1. The zero-order valence-electron chi connectivity index (χ0n) is 19.5. The minimum atomic E-state index is -0.668. The molecule has 0 saturated carbocycles. The Morgan fingerprint density at radius 2 is 1.49 bits per heavy atom. The van der Waals surface area contributed by atoms with Gasteiger partial charge in [-0.05, 0) is 48.0 Å². The van der Waals surface area contributed by atoms with Gasteiger partial charge in [-0.2, -0.15) is 5.10 Å². The van der Waals surface area contributed by atoms with Crippen molar-refractivity contribution in [1.82, 2.24) is 5.43 Å². The number of hydrazone groups is 1. The van der Waals surface area contributed by atoms with Gasteiger partial charge in [0.2, 0.25) is 5.75 Å². The molecule has 3 rings (SSSR count). The van der Waals surface area contributed by atoms with Crippen molar-refractivity contribution in [3.63, 3.8) is 0 Å². The fourth-order valence-electron chi connectivity index (χ4n) is 3.10. The predicted molar refractivity (Wildman–Crippen MR) is 127 cm³/mol. The van der Waals surface area contributed by atoms with Gasteiger partial charge in [0.1, 0.15) is 5.75 Å². The number of methoxy groups -OCH3 is 4. The van der Waals surface area contributed by atoms with E-state index in [1.165, 1.54) is 65.0 Å². The number of phenolic OH excluding ortho intramolecular Hbond substituents is 1. The Hall–Kier alpha value is -4.73. The molecule has 3 aromatic rings. The molecule has 3 aromatic carbocycles. The highest BCUT2D eigenvalue weighted by Crippen LogP contribution is 2.38. The van der Waals surface area contributed by atoms with Crippen LogP contribution in [0, 0.1) is 0 Å². The van der Waals surface area contributed by atoms with Crippen molar-refractivity contribution in [2.45, 2.75) is 0 Å². The van der Waals surface area contributed by atoms with Gasteiger partial charge in [0.25, 0.3) is 5.91 Å². The van der Waals surface area contributed by atoms with Crippen LogP contribution in [-0.4, -0.2) is 51.6 Å². The summed E-state index contributed by atoms with van der Waals surface area (Å²) >= 11 is 0. The molecule has 35 heavy (non-hydrogen) atoms. The molecule has 2 N–H and O–H groups in total. The van der Waals surface area contributed by atoms with Gasteiger partial charge in [-0.15, -0.1) is 0 Å². The van der Waals surface area contributed by atoms with Gasteiger partial charge in [-0.25, -0.2) is 10.2 Å². The topological polar surface area (TPSA) is 125 Å². The average molecular weight is 480 g/mol. The maximum absolute atomic E-state index is 12.8. The van der Waals surface area contributed by atoms with E-state index in [-0.39, 0.29) is 28.4 Å². The van der Waals surface area contributed by atoms with Gasteiger partial charge in [-0.1, -0.05) is 12.1 Å². The number of esters is 1. The third kappa shape index (κ3) is 5.80. The largest absolute Gasteiger partial charge is 0.507 e. The number of nitrogens with one attached hydrogen (secondary N) is 1. The molecule has 0 aliphatic carbocycles. The van der Waals surface area contributed by atoms with Gasteiger partial charge in [-0.3, -0.25) is 4.79 Å². The van der Waals surface area contributed by atoms with Crippen molar-refractivity contribution >= 4 is 18.1 Å². The lowest BCUT2D eigenvalue weighted by atomic mass is 10.1. The van der Waals surface area contributed by atoms with E-state index in [9.17, 15) is 14.7 Å². The Morgan fingerprint density at radius 1 is 0.829 bits per heavy atom. The maximum atomic E-state index is 12.8. The molecule has 0 saturated heterocycles. The van der Waals surface area contributed by atoms with Crippen molar-refractivity contribution in [3.8, 4) is 34.5 Å². The minimum absolute atomic E-state index is 0.0938. The highest BCUT2D eigenvalue weighted by Gasteiger charge is 2.19. The number of carbonyl (C=O) groups excluding carboxylic acids is 2. The minimum Gasteiger partial charge on any atom is -0.507 e. The van der Waals surface area contributed by atoms with Gasteiger partial charge >= 0.3 is 5.97 Å². The number of hydrogen-bond acceptors (Lipinski definition) is 9. The molecule has 0 aromatic heterocycles. The first-order valence-electron chi connectivity index (χ1n) is 10.2.